The maximum Gasteiger partial charge on any atom is 0.129 e. The maximum absolute atomic E-state index is 11.0. The van der Waals surface area contributed by atoms with Crippen molar-refractivity contribution in [3.8, 4) is 16.9 Å². The van der Waals surface area contributed by atoms with Crippen molar-refractivity contribution in [2.45, 2.75) is 53.9 Å². The monoisotopic (exact) mass is 323 g/mol. The Morgan fingerprint density at radius 3 is 2.46 bits per heavy atom. The molecule has 0 fully saturated rings. The number of nitrogens with one attached hydrogen (secondary N) is 1. The van der Waals surface area contributed by atoms with E-state index in [1.165, 1.54) is 22.3 Å². The van der Waals surface area contributed by atoms with Crippen molar-refractivity contribution >= 4 is 11.0 Å². The molecule has 0 atom stereocenters. The van der Waals surface area contributed by atoms with Gasteiger partial charge in [-0.3, -0.25) is 0 Å². The number of aromatic amines is 1. The molecule has 0 amide bonds. The lowest BCUT2D eigenvalue weighted by molar-refractivity contribution is 0.469. The molecule has 3 rings (SSSR count). The minimum atomic E-state index is 0.343. The van der Waals surface area contributed by atoms with E-state index in [1.54, 1.807) is 0 Å². The molecule has 3 aromatic rings. The normalized spacial score (nSPS) is 11.4. The lowest BCUT2D eigenvalue weighted by atomic mass is 9.88. The fraction of sp³-hybridized carbons (Fsp3) is 0.400. The molecular weight excluding hydrogens is 298 g/mol. The highest BCUT2D eigenvalue weighted by Crippen LogP contribution is 2.41. The number of fused-ring (bicyclic) bond motifs is 1. The highest BCUT2D eigenvalue weighted by atomic mass is 16.3. The molecule has 1 aromatic heterocycles. The Morgan fingerprint density at radius 1 is 1.00 bits per heavy atom. The van der Waals surface area contributed by atoms with Gasteiger partial charge in [0.1, 0.15) is 16.8 Å². The number of phenolic OH excluding ortho intramolecular Hbond substituents is 1. The molecule has 0 radical (unpaired) electrons. The summed E-state index contributed by atoms with van der Waals surface area (Å²) in [5.41, 5.74) is 9.32. The van der Waals surface area contributed by atoms with E-state index < -0.39 is 0 Å². The number of hydrogen-bond acceptors (Lipinski definition) is 3. The van der Waals surface area contributed by atoms with Gasteiger partial charge in [-0.2, -0.15) is 15.4 Å². The third-order valence-electron chi connectivity index (χ3n) is 5.21. The van der Waals surface area contributed by atoms with Crippen molar-refractivity contribution in [2.75, 3.05) is 0 Å². The van der Waals surface area contributed by atoms with Crippen molar-refractivity contribution in [3.05, 3.63) is 39.9 Å². The Morgan fingerprint density at radius 2 is 1.75 bits per heavy atom. The number of nitrogens with zero attached hydrogens (tertiary/aromatic N) is 2. The summed E-state index contributed by atoms with van der Waals surface area (Å²) in [4.78, 5) is 0. The van der Waals surface area contributed by atoms with Gasteiger partial charge in [0.15, 0.2) is 0 Å². The fourth-order valence-corrected chi connectivity index (χ4v) is 3.31. The summed E-state index contributed by atoms with van der Waals surface area (Å²) in [5.74, 6) is 0.343. The van der Waals surface area contributed by atoms with Gasteiger partial charge in [-0.1, -0.05) is 19.4 Å². The van der Waals surface area contributed by atoms with Crippen LogP contribution in [0.25, 0.3) is 22.2 Å². The second-order valence-corrected chi connectivity index (χ2v) is 6.67. The lowest BCUT2D eigenvalue weighted by Crippen LogP contribution is -1.97. The van der Waals surface area contributed by atoms with Crippen LogP contribution in [0.4, 0.5) is 0 Å². The van der Waals surface area contributed by atoms with Crippen LogP contribution in [0.1, 0.15) is 47.6 Å². The van der Waals surface area contributed by atoms with E-state index in [4.69, 9.17) is 0 Å². The fourth-order valence-electron chi connectivity index (χ4n) is 3.31. The number of aromatic nitrogens is 3. The molecule has 0 aliphatic heterocycles. The molecule has 0 spiro atoms. The third-order valence-corrected chi connectivity index (χ3v) is 5.21. The second-order valence-electron chi connectivity index (χ2n) is 6.67. The van der Waals surface area contributed by atoms with E-state index in [2.05, 4.69) is 56.1 Å². The van der Waals surface area contributed by atoms with E-state index in [-0.39, 0.29) is 0 Å². The summed E-state index contributed by atoms with van der Waals surface area (Å²) < 4.78 is 0. The van der Waals surface area contributed by atoms with Gasteiger partial charge >= 0.3 is 0 Å². The van der Waals surface area contributed by atoms with Gasteiger partial charge in [-0.15, -0.1) is 0 Å². The Kier molecular flexibility index (Phi) is 4.31. The summed E-state index contributed by atoms with van der Waals surface area (Å²) in [7, 11) is 0. The van der Waals surface area contributed by atoms with Crippen molar-refractivity contribution < 1.29 is 5.11 Å². The molecule has 0 unspecified atom stereocenters. The third kappa shape index (κ3) is 2.56. The van der Waals surface area contributed by atoms with Crippen molar-refractivity contribution in [1.29, 1.82) is 0 Å². The molecule has 0 aliphatic rings. The van der Waals surface area contributed by atoms with Gasteiger partial charge in [0.2, 0.25) is 0 Å². The molecule has 126 valence electrons. The standard InChI is InChI=1S/C20H25N3O/c1-6-7-8-15-10-17-19(22-23-21-17)18(20(15)24)16-9-11(2)12(3)13(4)14(16)5/h9-10,24H,6-8H2,1-5H3,(H,21,22,23). The van der Waals surface area contributed by atoms with Gasteiger partial charge in [-0.05, 0) is 80.0 Å². The lowest BCUT2D eigenvalue weighted by Gasteiger charge is -2.17. The molecule has 0 aliphatic carbocycles. The van der Waals surface area contributed by atoms with Gasteiger partial charge < -0.3 is 5.11 Å². The summed E-state index contributed by atoms with van der Waals surface area (Å²) in [6.07, 6.45) is 2.98. The minimum Gasteiger partial charge on any atom is -0.507 e. The summed E-state index contributed by atoms with van der Waals surface area (Å²) in [5, 5.41) is 22.3. The molecule has 1 heterocycles. The molecule has 0 saturated heterocycles. The summed E-state index contributed by atoms with van der Waals surface area (Å²) >= 11 is 0. The van der Waals surface area contributed by atoms with Crippen LogP contribution in [0.2, 0.25) is 0 Å². The molecule has 0 bridgehead atoms. The Hall–Kier alpha value is -2.36. The van der Waals surface area contributed by atoms with Crippen LogP contribution in [0.5, 0.6) is 5.75 Å². The zero-order valence-electron chi connectivity index (χ0n) is 15.1. The molecule has 2 aromatic carbocycles. The van der Waals surface area contributed by atoms with Gasteiger partial charge in [0.25, 0.3) is 0 Å². The van der Waals surface area contributed by atoms with Crippen molar-refractivity contribution in [1.82, 2.24) is 15.4 Å². The molecule has 2 N–H and O–H groups in total. The van der Waals surface area contributed by atoms with E-state index in [0.29, 0.717) is 5.75 Å². The zero-order chi connectivity index (χ0) is 17.4. The largest absolute Gasteiger partial charge is 0.507 e. The first-order valence-electron chi connectivity index (χ1n) is 8.58. The number of unbranched alkanes of at least 4 members (excludes halogenated alkanes) is 1. The Bertz CT molecular complexity index is 909. The zero-order valence-corrected chi connectivity index (χ0v) is 15.1. The van der Waals surface area contributed by atoms with Crippen LogP contribution >= 0.6 is 0 Å². The molecule has 0 saturated carbocycles. The van der Waals surface area contributed by atoms with Crippen molar-refractivity contribution in [2.24, 2.45) is 0 Å². The Labute approximate surface area is 142 Å². The van der Waals surface area contributed by atoms with Crippen LogP contribution in [0, 0.1) is 27.7 Å². The predicted octanol–water partition coefficient (Wildman–Crippen LogP) is 4.91. The van der Waals surface area contributed by atoms with Crippen LogP contribution < -0.4 is 0 Å². The van der Waals surface area contributed by atoms with E-state index in [9.17, 15) is 5.11 Å². The molecule has 24 heavy (non-hydrogen) atoms. The molecular formula is C20H25N3O. The van der Waals surface area contributed by atoms with Crippen LogP contribution in [0.3, 0.4) is 0 Å². The summed E-state index contributed by atoms with van der Waals surface area (Å²) in [6, 6.07) is 4.11. The number of aryl methyl sites for hydroxylation is 2. The average Bonchev–Trinajstić information content (AvgIpc) is 3.03. The van der Waals surface area contributed by atoms with Crippen LogP contribution in [0.15, 0.2) is 12.1 Å². The predicted molar refractivity (Wildman–Crippen MR) is 98.5 cm³/mol. The Balaban J connectivity index is 2.33. The van der Waals surface area contributed by atoms with Crippen LogP contribution in [-0.4, -0.2) is 20.5 Å². The average molecular weight is 323 g/mol. The number of aromatic hydroxyl groups is 1. The quantitative estimate of drug-likeness (QED) is 0.717. The number of H-pyrrole nitrogens is 1. The maximum atomic E-state index is 11.0. The van der Waals surface area contributed by atoms with Crippen molar-refractivity contribution in [3.63, 3.8) is 0 Å². The second kappa shape index (κ2) is 6.27. The van der Waals surface area contributed by atoms with Gasteiger partial charge in [-0.25, -0.2) is 0 Å². The topological polar surface area (TPSA) is 61.8 Å². The summed E-state index contributed by atoms with van der Waals surface area (Å²) in [6.45, 7) is 10.7. The van der Waals surface area contributed by atoms with E-state index in [0.717, 1.165) is 47.0 Å². The van der Waals surface area contributed by atoms with Gasteiger partial charge in [0.05, 0.1) is 5.56 Å². The first-order valence-corrected chi connectivity index (χ1v) is 8.58. The minimum absolute atomic E-state index is 0.343. The number of benzene rings is 2. The molecule has 4 heteroatoms. The van der Waals surface area contributed by atoms with E-state index >= 15 is 0 Å². The van der Waals surface area contributed by atoms with E-state index in [1.807, 2.05) is 6.07 Å². The molecule has 4 nitrogen and oxygen atoms in total. The number of hydrogen-bond donors (Lipinski definition) is 2. The highest BCUT2D eigenvalue weighted by Gasteiger charge is 2.20. The number of rotatable bonds is 4. The van der Waals surface area contributed by atoms with Crippen LogP contribution in [-0.2, 0) is 6.42 Å². The highest BCUT2D eigenvalue weighted by molar-refractivity contribution is 5.97. The first-order chi connectivity index (χ1) is 11.5. The van der Waals surface area contributed by atoms with Gasteiger partial charge in [0, 0.05) is 0 Å². The SMILES string of the molecule is CCCCc1cc2n[nH]nc2c(-c2cc(C)c(C)c(C)c2C)c1O. The smallest absolute Gasteiger partial charge is 0.129 e. The number of phenols is 1. The first kappa shape index (κ1) is 16.5.